The van der Waals surface area contributed by atoms with Gasteiger partial charge in [-0.3, -0.25) is 4.79 Å². The van der Waals surface area contributed by atoms with E-state index in [1.807, 2.05) is 18.2 Å². The lowest BCUT2D eigenvalue weighted by atomic mass is 10.2. The number of nitrogens with zero attached hydrogens (tertiary/aromatic N) is 1. The summed E-state index contributed by atoms with van der Waals surface area (Å²) >= 11 is 2.15. The summed E-state index contributed by atoms with van der Waals surface area (Å²) in [5, 5.41) is 2.79. The predicted octanol–water partition coefficient (Wildman–Crippen LogP) is 1.69. The van der Waals surface area contributed by atoms with Crippen molar-refractivity contribution in [3.63, 3.8) is 0 Å². The average Bonchev–Trinajstić information content (AvgIpc) is 2.37. The SMILES string of the molecule is CCN(CCCNC(=O)c1cccc(I)c1)S(C)(=O)=O. The molecule has 1 N–H and O–H groups in total. The van der Waals surface area contributed by atoms with Crippen molar-refractivity contribution in [1.29, 1.82) is 0 Å². The molecule has 0 aliphatic heterocycles. The van der Waals surface area contributed by atoms with Crippen LogP contribution in [0.2, 0.25) is 0 Å². The van der Waals surface area contributed by atoms with Crippen molar-refractivity contribution < 1.29 is 13.2 Å². The molecule has 0 bridgehead atoms. The normalized spacial score (nSPS) is 11.6. The van der Waals surface area contributed by atoms with Gasteiger partial charge in [-0.1, -0.05) is 13.0 Å². The van der Waals surface area contributed by atoms with Crippen LogP contribution in [-0.4, -0.2) is 44.5 Å². The van der Waals surface area contributed by atoms with Gasteiger partial charge in [0.15, 0.2) is 0 Å². The van der Waals surface area contributed by atoms with Crippen LogP contribution in [0, 0.1) is 3.57 Å². The van der Waals surface area contributed by atoms with E-state index in [0.29, 0.717) is 31.6 Å². The molecule has 5 nitrogen and oxygen atoms in total. The van der Waals surface area contributed by atoms with Gasteiger partial charge in [0.2, 0.25) is 10.0 Å². The maximum atomic E-state index is 11.9. The third-order valence-electron chi connectivity index (χ3n) is 2.78. The van der Waals surface area contributed by atoms with E-state index in [1.54, 1.807) is 13.0 Å². The van der Waals surface area contributed by atoms with Crippen LogP contribution in [-0.2, 0) is 10.0 Å². The van der Waals surface area contributed by atoms with E-state index >= 15 is 0 Å². The van der Waals surface area contributed by atoms with Crippen LogP contribution >= 0.6 is 22.6 Å². The van der Waals surface area contributed by atoms with Crippen molar-refractivity contribution in [1.82, 2.24) is 9.62 Å². The molecule has 0 radical (unpaired) electrons. The van der Waals surface area contributed by atoms with Crippen molar-refractivity contribution in [2.75, 3.05) is 25.9 Å². The highest BCUT2D eigenvalue weighted by Gasteiger charge is 2.13. The lowest BCUT2D eigenvalue weighted by Crippen LogP contribution is -2.33. The molecule has 0 fully saturated rings. The Kier molecular flexibility index (Phi) is 6.90. The summed E-state index contributed by atoms with van der Waals surface area (Å²) in [6, 6.07) is 7.32. The minimum absolute atomic E-state index is 0.133. The Morgan fingerprint density at radius 1 is 1.40 bits per heavy atom. The number of amides is 1. The molecule has 0 atom stereocenters. The minimum atomic E-state index is -3.15. The highest BCUT2D eigenvalue weighted by Crippen LogP contribution is 2.07. The lowest BCUT2D eigenvalue weighted by molar-refractivity contribution is 0.0952. The van der Waals surface area contributed by atoms with Gasteiger partial charge in [-0.2, -0.15) is 0 Å². The Hall–Kier alpha value is -0.670. The number of halogens is 1. The van der Waals surface area contributed by atoms with Gasteiger partial charge in [-0.05, 0) is 47.2 Å². The number of hydrogen-bond donors (Lipinski definition) is 1. The van der Waals surface area contributed by atoms with Crippen LogP contribution < -0.4 is 5.32 Å². The van der Waals surface area contributed by atoms with Gasteiger partial charge in [0.1, 0.15) is 0 Å². The average molecular weight is 410 g/mol. The molecule has 20 heavy (non-hydrogen) atoms. The van der Waals surface area contributed by atoms with Crippen LogP contribution in [0.1, 0.15) is 23.7 Å². The summed E-state index contributed by atoms with van der Waals surface area (Å²) in [6.07, 6.45) is 1.79. The molecular formula is C13H19IN2O3S. The highest BCUT2D eigenvalue weighted by atomic mass is 127. The standard InChI is InChI=1S/C13H19IN2O3S/c1-3-16(20(2,18)19)9-5-8-15-13(17)11-6-4-7-12(14)10-11/h4,6-7,10H,3,5,8-9H2,1-2H3,(H,15,17). The van der Waals surface area contributed by atoms with E-state index in [1.165, 1.54) is 10.6 Å². The summed E-state index contributed by atoms with van der Waals surface area (Å²) in [5.74, 6) is -0.133. The van der Waals surface area contributed by atoms with Crippen molar-refractivity contribution in [2.24, 2.45) is 0 Å². The van der Waals surface area contributed by atoms with Crippen LogP contribution in [0.3, 0.4) is 0 Å². The Bertz CT molecular complexity index is 560. The molecule has 1 aromatic rings. The first-order valence-corrected chi connectivity index (χ1v) is 9.26. The lowest BCUT2D eigenvalue weighted by Gasteiger charge is -2.17. The summed E-state index contributed by atoms with van der Waals surface area (Å²) in [4.78, 5) is 11.9. The summed E-state index contributed by atoms with van der Waals surface area (Å²) < 4.78 is 25.2. The Morgan fingerprint density at radius 2 is 2.10 bits per heavy atom. The van der Waals surface area contributed by atoms with Gasteiger partial charge < -0.3 is 5.32 Å². The zero-order chi connectivity index (χ0) is 15.2. The van der Waals surface area contributed by atoms with E-state index in [0.717, 1.165) is 3.57 Å². The van der Waals surface area contributed by atoms with Crippen LogP contribution in [0.5, 0.6) is 0 Å². The first-order chi connectivity index (χ1) is 9.34. The van der Waals surface area contributed by atoms with Gasteiger partial charge in [0, 0.05) is 28.8 Å². The highest BCUT2D eigenvalue weighted by molar-refractivity contribution is 14.1. The molecule has 0 aliphatic carbocycles. The van der Waals surface area contributed by atoms with E-state index in [9.17, 15) is 13.2 Å². The molecule has 0 heterocycles. The third kappa shape index (κ3) is 5.76. The third-order valence-corrected chi connectivity index (χ3v) is 4.83. The number of nitrogens with one attached hydrogen (secondary N) is 1. The second-order valence-corrected chi connectivity index (χ2v) is 7.60. The summed E-state index contributed by atoms with van der Waals surface area (Å²) in [5.41, 5.74) is 0.618. The molecule has 0 aliphatic rings. The number of rotatable bonds is 7. The second-order valence-electron chi connectivity index (χ2n) is 4.37. The largest absolute Gasteiger partial charge is 0.352 e. The number of hydrogen-bond acceptors (Lipinski definition) is 3. The molecule has 1 amide bonds. The Morgan fingerprint density at radius 3 is 2.65 bits per heavy atom. The van der Waals surface area contributed by atoms with Crippen LogP contribution in [0.15, 0.2) is 24.3 Å². The molecule has 112 valence electrons. The monoisotopic (exact) mass is 410 g/mol. The van der Waals surface area contributed by atoms with Gasteiger partial charge in [0.25, 0.3) is 5.91 Å². The first-order valence-electron chi connectivity index (χ1n) is 6.33. The van der Waals surface area contributed by atoms with Crippen LogP contribution in [0.4, 0.5) is 0 Å². The topological polar surface area (TPSA) is 66.5 Å². The quantitative estimate of drug-likeness (QED) is 0.550. The van der Waals surface area contributed by atoms with Crippen molar-refractivity contribution in [2.45, 2.75) is 13.3 Å². The van der Waals surface area contributed by atoms with Crippen molar-refractivity contribution in [3.05, 3.63) is 33.4 Å². The fourth-order valence-electron chi connectivity index (χ4n) is 1.75. The van der Waals surface area contributed by atoms with Gasteiger partial charge in [-0.15, -0.1) is 0 Å². The maximum absolute atomic E-state index is 11.9. The molecule has 1 aromatic carbocycles. The molecule has 1 rings (SSSR count). The van der Waals surface area contributed by atoms with Crippen molar-refractivity contribution >= 4 is 38.5 Å². The molecule has 7 heteroatoms. The van der Waals surface area contributed by atoms with Gasteiger partial charge in [-0.25, -0.2) is 12.7 Å². The number of benzene rings is 1. The summed E-state index contributed by atoms with van der Waals surface area (Å²) in [7, 11) is -3.15. The van der Waals surface area contributed by atoms with E-state index in [4.69, 9.17) is 0 Å². The fraction of sp³-hybridized carbons (Fsp3) is 0.462. The van der Waals surface area contributed by atoms with E-state index in [-0.39, 0.29) is 5.91 Å². The Balaban J connectivity index is 2.40. The number of carbonyl (C=O) groups is 1. The number of sulfonamides is 1. The van der Waals surface area contributed by atoms with Crippen LogP contribution in [0.25, 0.3) is 0 Å². The molecular weight excluding hydrogens is 391 g/mol. The summed E-state index contributed by atoms with van der Waals surface area (Å²) in [6.45, 7) is 3.12. The number of carbonyl (C=O) groups excluding carboxylic acids is 1. The molecule has 0 spiro atoms. The zero-order valence-electron chi connectivity index (χ0n) is 11.6. The smallest absolute Gasteiger partial charge is 0.251 e. The van der Waals surface area contributed by atoms with Crippen molar-refractivity contribution in [3.8, 4) is 0 Å². The maximum Gasteiger partial charge on any atom is 0.251 e. The molecule has 0 aromatic heterocycles. The Labute approximate surface area is 133 Å². The van der Waals surface area contributed by atoms with Gasteiger partial charge in [0.05, 0.1) is 6.26 Å². The second kappa shape index (κ2) is 7.94. The van der Waals surface area contributed by atoms with E-state index < -0.39 is 10.0 Å². The first kappa shape index (κ1) is 17.4. The fourth-order valence-corrected chi connectivity index (χ4v) is 3.22. The zero-order valence-corrected chi connectivity index (χ0v) is 14.6. The minimum Gasteiger partial charge on any atom is -0.352 e. The van der Waals surface area contributed by atoms with Gasteiger partial charge >= 0.3 is 0 Å². The molecule has 0 saturated heterocycles. The molecule has 0 saturated carbocycles. The van der Waals surface area contributed by atoms with E-state index in [2.05, 4.69) is 27.9 Å². The predicted molar refractivity (Wildman–Crippen MR) is 88.2 cm³/mol. The molecule has 0 unspecified atom stereocenters.